The Morgan fingerprint density at radius 3 is 2.35 bits per heavy atom. The van der Waals surface area contributed by atoms with E-state index in [9.17, 15) is 0 Å². The smallest absolute Gasteiger partial charge is 0.0595 e. The van der Waals surface area contributed by atoms with Crippen LogP contribution in [0.15, 0.2) is 18.2 Å². The number of hydrogen-bond acceptors (Lipinski definition) is 2. The van der Waals surface area contributed by atoms with Crippen LogP contribution in [0.3, 0.4) is 0 Å². The fraction of sp³-hybridized carbons (Fsp3) is 0.625. The Bertz CT molecular complexity index is 427. The number of nitrogens with one attached hydrogen (secondary N) is 1. The molecule has 0 saturated heterocycles. The zero-order valence-corrected chi connectivity index (χ0v) is 14.4. The van der Waals surface area contributed by atoms with Crippen molar-refractivity contribution in [1.29, 1.82) is 0 Å². The van der Waals surface area contributed by atoms with Gasteiger partial charge in [-0.1, -0.05) is 57.0 Å². The number of hydrazine groups is 1. The summed E-state index contributed by atoms with van der Waals surface area (Å²) >= 11 is 12.0. The van der Waals surface area contributed by atoms with Crippen molar-refractivity contribution >= 4 is 23.2 Å². The maximum atomic E-state index is 6.05. The van der Waals surface area contributed by atoms with Crippen molar-refractivity contribution < 1.29 is 0 Å². The second kappa shape index (κ2) is 7.65. The minimum absolute atomic E-state index is 0.254. The second-order valence-corrected chi connectivity index (χ2v) is 7.74. The predicted octanol–water partition coefficient (Wildman–Crippen LogP) is 4.83. The molecule has 0 aliphatic rings. The van der Waals surface area contributed by atoms with E-state index in [1.54, 1.807) is 0 Å². The van der Waals surface area contributed by atoms with Gasteiger partial charge in [0.1, 0.15) is 0 Å². The summed E-state index contributed by atoms with van der Waals surface area (Å²) in [6.07, 6.45) is 3.10. The van der Waals surface area contributed by atoms with E-state index in [2.05, 4.69) is 33.1 Å². The molecule has 0 amide bonds. The molecule has 0 bridgehead atoms. The van der Waals surface area contributed by atoms with Crippen molar-refractivity contribution in [2.24, 2.45) is 17.2 Å². The predicted molar refractivity (Wildman–Crippen MR) is 89.1 cm³/mol. The van der Waals surface area contributed by atoms with Crippen LogP contribution in [0, 0.1) is 11.3 Å². The monoisotopic (exact) mass is 316 g/mol. The van der Waals surface area contributed by atoms with Crippen LogP contribution in [0.2, 0.25) is 10.0 Å². The normalized spacial score (nSPS) is 15.2. The van der Waals surface area contributed by atoms with Crippen molar-refractivity contribution in [3.63, 3.8) is 0 Å². The first-order valence-electron chi connectivity index (χ1n) is 7.11. The molecule has 0 saturated carbocycles. The lowest BCUT2D eigenvalue weighted by Gasteiger charge is -2.26. The van der Waals surface area contributed by atoms with Gasteiger partial charge in [-0.15, -0.1) is 0 Å². The van der Waals surface area contributed by atoms with Crippen LogP contribution in [0.1, 0.15) is 46.1 Å². The Hall–Kier alpha value is -0.280. The minimum Gasteiger partial charge on any atom is -0.271 e. The molecule has 2 nitrogen and oxygen atoms in total. The second-order valence-electron chi connectivity index (χ2n) is 6.92. The van der Waals surface area contributed by atoms with Crippen LogP contribution in [-0.4, -0.2) is 6.04 Å². The summed E-state index contributed by atoms with van der Waals surface area (Å²) in [4.78, 5) is 0. The first-order valence-corrected chi connectivity index (χ1v) is 7.87. The molecule has 114 valence electrons. The highest BCUT2D eigenvalue weighted by Crippen LogP contribution is 2.28. The van der Waals surface area contributed by atoms with Gasteiger partial charge in [-0.05, 0) is 48.3 Å². The third kappa shape index (κ3) is 6.45. The average molecular weight is 317 g/mol. The van der Waals surface area contributed by atoms with Crippen LogP contribution in [-0.2, 0) is 6.42 Å². The molecule has 0 radical (unpaired) electrons. The minimum atomic E-state index is 0.254. The summed E-state index contributed by atoms with van der Waals surface area (Å²) in [6.45, 7) is 9.10. The molecule has 2 atom stereocenters. The molecule has 3 N–H and O–H groups in total. The molecule has 0 fully saturated rings. The lowest BCUT2D eigenvalue weighted by Crippen LogP contribution is -2.38. The lowest BCUT2D eigenvalue weighted by atomic mass is 9.82. The van der Waals surface area contributed by atoms with Crippen molar-refractivity contribution in [1.82, 2.24) is 5.43 Å². The highest BCUT2D eigenvalue weighted by molar-refractivity contribution is 6.42. The average Bonchev–Trinajstić information content (AvgIpc) is 2.30. The summed E-state index contributed by atoms with van der Waals surface area (Å²) in [5.41, 5.74) is 4.43. The summed E-state index contributed by atoms with van der Waals surface area (Å²) in [5.74, 6) is 6.32. The molecule has 0 aliphatic heterocycles. The summed E-state index contributed by atoms with van der Waals surface area (Å²) in [5, 5.41) is 1.19. The van der Waals surface area contributed by atoms with Crippen LogP contribution >= 0.6 is 23.2 Å². The quantitative estimate of drug-likeness (QED) is 0.582. The number of benzene rings is 1. The zero-order chi connectivity index (χ0) is 15.3. The summed E-state index contributed by atoms with van der Waals surface area (Å²) < 4.78 is 0. The molecular formula is C16H26Cl2N2. The Balaban J connectivity index is 2.60. The van der Waals surface area contributed by atoms with Gasteiger partial charge in [-0.3, -0.25) is 11.3 Å². The van der Waals surface area contributed by atoms with Gasteiger partial charge in [0.15, 0.2) is 0 Å². The van der Waals surface area contributed by atoms with E-state index < -0.39 is 0 Å². The van der Waals surface area contributed by atoms with E-state index in [0.29, 0.717) is 21.4 Å². The Morgan fingerprint density at radius 2 is 1.85 bits per heavy atom. The maximum Gasteiger partial charge on any atom is 0.0595 e. The van der Waals surface area contributed by atoms with Gasteiger partial charge in [0, 0.05) is 6.04 Å². The Morgan fingerprint density at radius 1 is 1.20 bits per heavy atom. The van der Waals surface area contributed by atoms with Gasteiger partial charge >= 0.3 is 0 Å². The largest absolute Gasteiger partial charge is 0.271 e. The fourth-order valence-corrected chi connectivity index (χ4v) is 3.10. The van der Waals surface area contributed by atoms with Gasteiger partial charge in [-0.25, -0.2) is 0 Å². The first kappa shape index (κ1) is 17.8. The highest BCUT2D eigenvalue weighted by atomic mass is 35.5. The molecule has 0 aromatic heterocycles. The highest BCUT2D eigenvalue weighted by Gasteiger charge is 2.19. The number of rotatable bonds is 6. The van der Waals surface area contributed by atoms with E-state index in [4.69, 9.17) is 29.0 Å². The van der Waals surface area contributed by atoms with Crippen LogP contribution in [0.25, 0.3) is 0 Å². The van der Waals surface area contributed by atoms with Gasteiger partial charge < -0.3 is 0 Å². The molecule has 20 heavy (non-hydrogen) atoms. The van der Waals surface area contributed by atoms with Crippen molar-refractivity contribution in [2.75, 3.05) is 0 Å². The van der Waals surface area contributed by atoms with E-state index in [1.807, 2.05) is 18.2 Å². The third-order valence-electron chi connectivity index (χ3n) is 3.35. The molecule has 1 rings (SSSR count). The van der Waals surface area contributed by atoms with Crippen molar-refractivity contribution in [3.05, 3.63) is 33.8 Å². The first-order chi connectivity index (χ1) is 9.21. The molecular weight excluding hydrogens is 291 g/mol. The number of hydrogen-bond donors (Lipinski definition) is 2. The van der Waals surface area contributed by atoms with Gasteiger partial charge in [-0.2, -0.15) is 0 Å². The fourth-order valence-electron chi connectivity index (χ4n) is 2.78. The lowest BCUT2D eigenvalue weighted by molar-refractivity contribution is 0.274. The molecule has 1 aromatic carbocycles. The Kier molecular flexibility index (Phi) is 6.80. The number of halogens is 2. The van der Waals surface area contributed by atoms with Crippen LogP contribution in [0.4, 0.5) is 0 Å². The van der Waals surface area contributed by atoms with E-state index in [0.717, 1.165) is 18.4 Å². The van der Waals surface area contributed by atoms with Gasteiger partial charge in [0.25, 0.3) is 0 Å². The maximum absolute atomic E-state index is 6.05. The molecule has 0 spiro atoms. The molecule has 2 unspecified atom stereocenters. The summed E-state index contributed by atoms with van der Waals surface area (Å²) in [7, 11) is 0. The van der Waals surface area contributed by atoms with Gasteiger partial charge in [0.2, 0.25) is 0 Å². The van der Waals surface area contributed by atoms with E-state index in [1.165, 1.54) is 6.42 Å². The molecule has 0 heterocycles. The van der Waals surface area contributed by atoms with Crippen molar-refractivity contribution in [3.8, 4) is 0 Å². The van der Waals surface area contributed by atoms with E-state index in [-0.39, 0.29) is 6.04 Å². The van der Waals surface area contributed by atoms with Gasteiger partial charge in [0.05, 0.1) is 10.0 Å². The van der Waals surface area contributed by atoms with Crippen LogP contribution in [0.5, 0.6) is 0 Å². The molecule has 0 aliphatic carbocycles. The molecule has 1 aromatic rings. The van der Waals surface area contributed by atoms with E-state index >= 15 is 0 Å². The SMILES string of the molecule is CC(CC(Cc1ccc(Cl)c(Cl)c1)NN)CC(C)(C)C. The zero-order valence-electron chi connectivity index (χ0n) is 12.8. The summed E-state index contributed by atoms with van der Waals surface area (Å²) in [6, 6.07) is 6.02. The third-order valence-corrected chi connectivity index (χ3v) is 4.09. The molecule has 4 heteroatoms. The van der Waals surface area contributed by atoms with Crippen molar-refractivity contribution in [2.45, 2.75) is 53.0 Å². The standard InChI is InChI=1S/C16H26Cl2N2/c1-11(10-16(2,3)4)7-13(20-19)8-12-5-6-14(17)15(18)9-12/h5-6,9,11,13,20H,7-8,10,19H2,1-4H3. The number of nitrogens with two attached hydrogens (primary N) is 1. The van der Waals surface area contributed by atoms with Crippen LogP contribution < -0.4 is 11.3 Å². The Labute approximate surface area is 133 Å². The topological polar surface area (TPSA) is 38.0 Å².